The number of hydrogen-bond donors (Lipinski definition) is 3. The Morgan fingerprint density at radius 2 is 2.05 bits per heavy atom. The van der Waals surface area contributed by atoms with Gasteiger partial charge in [0.15, 0.2) is 0 Å². The summed E-state index contributed by atoms with van der Waals surface area (Å²) in [5.74, 6) is 0.267. The first-order valence-electron chi connectivity index (χ1n) is 7.68. The molecular weight excluding hydrogens is 254 g/mol. The van der Waals surface area contributed by atoms with E-state index in [-0.39, 0.29) is 17.2 Å². The maximum atomic E-state index is 12.6. The highest BCUT2D eigenvalue weighted by atomic mass is 16.2. The van der Waals surface area contributed by atoms with Crippen molar-refractivity contribution >= 4 is 11.8 Å². The summed E-state index contributed by atoms with van der Waals surface area (Å²) in [6.07, 6.45) is 3.37. The predicted octanol–water partition coefficient (Wildman–Crippen LogP) is 1.04. The van der Waals surface area contributed by atoms with Crippen molar-refractivity contribution in [3.63, 3.8) is 0 Å². The Bertz CT molecular complexity index is 336. The largest absolute Gasteiger partial charge is 0.357 e. The van der Waals surface area contributed by atoms with E-state index in [1.807, 2.05) is 6.92 Å². The van der Waals surface area contributed by atoms with Gasteiger partial charge in [-0.2, -0.15) is 0 Å². The van der Waals surface area contributed by atoms with Crippen LogP contribution in [0.1, 0.15) is 46.5 Å². The Morgan fingerprint density at radius 3 is 2.50 bits per heavy atom. The van der Waals surface area contributed by atoms with Gasteiger partial charge in [0.1, 0.15) is 6.04 Å². The van der Waals surface area contributed by atoms with Crippen LogP contribution in [-0.2, 0) is 9.59 Å². The van der Waals surface area contributed by atoms with E-state index in [0.717, 1.165) is 25.8 Å². The molecule has 0 spiro atoms. The fourth-order valence-corrected chi connectivity index (χ4v) is 2.81. The van der Waals surface area contributed by atoms with Crippen LogP contribution in [0.25, 0.3) is 0 Å². The molecule has 5 heteroatoms. The third kappa shape index (κ3) is 4.20. The van der Waals surface area contributed by atoms with Crippen molar-refractivity contribution in [2.45, 2.75) is 52.5 Å². The minimum Gasteiger partial charge on any atom is -0.357 e. The lowest BCUT2D eigenvalue weighted by Gasteiger charge is -2.36. The van der Waals surface area contributed by atoms with Crippen molar-refractivity contribution in [3.05, 3.63) is 0 Å². The third-order valence-electron chi connectivity index (χ3n) is 4.21. The molecule has 0 aromatic carbocycles. The summed E-state index contributed by atoms with van der Waals surface area (Å²) >= 11 is 0. The molecule has 3 N–H and O–H groups in total. The second-order valence-electron chi connectivity index (χ2n) is 6.18. The molecule has 2 amide bonds. The number of piperidine rings is 1. The molecule has 0 bridgehead atoms. The minimum absolute atomic E-state index is 0.0152. The van der Waals surface area contributed by atoms with Crippen molar-refractivity contribution in [3.8, 4) is 0 Å². The summed E-state index contributed by atoms with van der Waals surface area (Å²) in [6.45, 7) is 7.83. The molecule has 2 unspecified atom stereocenters. The number of hydrogen-bond acceptors (Lipinski definition) is 3. The fraction of sp³-hybridized carbons (Fsp3) is 0.867. The molecule has 0 aromatic rings. The summed E-state index contributed by atoms with van der Waals surface area (Å²) < 4.78 is 0. The van der Waals surface area contributed by atoms with Gasteiger partial charge >= 0.3 is 0 Å². The van der Waals surface area contributed by atoms with E-state index in [0.29, 0.717) is 18.9 Å². The highest BCUT2D eigenvalue weighted by Crippen LogP contribution is 2.30. The van der Waals surface area contributed by atoms with Crippen molar-refractivity contribution in [2.75, 3.05) is 20.1 Å². The van der Waals surface area contributed by atoms with Crippen molar-refractivity contribution in [2.24, 2.45) is 11.3 Å². The van der Waals surface area contributed by atoms with Gasteiger partial charge in [-0.05, 0) is 38.1 Å². The first-order chi connectivity index (χ1) is 9.45. The molecule has 1 saturated heterocycles. The topological polar surface area (TPSA) is 70.2 Å². The molecule has 0 aliphatic carbocycles. The van der Waals surface area contributed by atoms with E-state index < -0.39 is 6.04 Å². The number of carbonyl (C=O) groups is 2. The zero-order valence-corrected chi connectivity index (χ0v) is 13.2. The summed E-state index contributed by atoms with van der Waals surface area (Å²) in [6, 6.07) is -0.433. The number of likely N-dealkylation sites (N-methyl/N-ethyl adjacent to an activating group) is 1. The molecular formula is C15H29N3O2. The normalized spacial score (nSPS) is 24.2. The highest BCUT2D eigenvalue weighted by Gasteiger charge is 2.39. The smallest absolute Gasteiger partial charge is 0.242 e. The van der Waals surface area contributed by atoms with E-state index in [1.54, 1.807) is 7.05 Å². The standard InChI is InChI=1S/C15H29N3O2/c1-5-15(7-6-8-17-10-15)14(20)18-12(9-11(2)3)13(19)16-4/h11-12,17H,5-10H2,1-4H3,(H,16,19)(H,18,20). The average molecular weight is 283 g/mol. The molecule has 116 valence electrons. The van der Waals surface area contributed by atoms with Crippen molar-refractivity contribution in [1.82, 2.24) is 16.0 Å². The Kier molecular flexibility index (Phi) is 6.46. The SMILES string of the molecule is CCC1(C(=O)NC(CC(C)C)C(=O)NC)CCCNC1. The van der Waals surface area contributed by atoms with E-state index in [1.165, 1.54) is 0 Å². The van der Waals surface area contributed by atoms with Crippen LogP contribution < -0.4 is 16.0 Å². The third-order valence-corrected chi connectivity index (χ3v) is 4.21. The maximum Gasteiger partial charge on any atom is 0.242 e. The summed E-state index contributed by atoms with van der Waals surface area (Å²) in [5, 5.41) is 8.91. The van der Waals surface area contributed by atoms with E-state index in [2.05, 4.69) is 29.8 Å². The molecule has 1 aliphatic heterocycles. The number of carbonyl (C=O) groups excluding carboxylic acids is 2. The molecule has 0 radical (unpaired) electrons. The van der Waals surface area contributed by atoms with Crippen LogP contribution in [0.3, 0.4) is 0 Å². The molecule has 1 aliphatic rings. The van der Waals surface area contributed by atoms with Gasteiger partial charge in [0.05, 0.1) is 5.41 Å². The van der Waals surface area contributed by atoms with Crippen LogP contribution in [0.5, 0.6) is 0 Å². The van der Waals surface area contributed by atoms with Gasteiger partial charge in [-0.15, -0.1) is 0 Å². The lowest BCUT2D eigenvalue weighted by molar-refractivity contribution is -0.136. The molecule has 2 atom stereocenters. The van der Waals surface area contributed by atoms with Gasteiger partial charge in [0.2, 0.25) is 11.8 Å². The first kappa shape index (κ1) is 17.0. The van der Waals surface area contributed by atoms with Crippen LogP contribution in [0, 0.1) is 11.3 Å². The summed E-state index contributed by atoms with van der Waals surface area (Å²) in [7, 11) is 1.61. The molecule has 5 nitrogen and oxygen atoms in total. The van der Waals surface area contributed by atoms with Crippen LogP contribution in [0.4, 0.5) is 0 Å². The summed E-state index contributed by atoms with van der Waals surface area (Å²) in [5.41, 5.74) is -0.360. The quantitative estimate of drug-likeness (QED) is 0.682. The fourth-order valence-electron chi connectivity index (χ4n) is 2.81. The van der Waals surface area contributed by atoms with Gasteiger partial charge in [-0.3, -0.25) is 9.59 Å². The van der Waals surface area contributed by atoms with Crippen LogP contribution >= 0.6 is 0 Å². The van der Waals surface area contributed by atoms with Crippen LogP contribution in [0.15, 0.2) is 0 Å². The molecule has 0 saturated carbocycles. The Labute approximate surface area is 122 Å². The Balaban J connectivity index is 2.75. The zero-order valence-electron chi connectivity index (χ0n) is 13.2. The molecule has 1 fully saturated rings. The number of rotatable bonds is 6. The van der Waals surface area contributed by atoms with E-state index in [4.69, 9.17) is 0 Å². The molecule has 0 aromatic heterocycles. The average Bonchev–Trinajstić information content (AvgIpc) is 2.45. The van der Waals surface area contributed by atoms with Crippen LogP contribution in [-0.4, -0.2) is 38.0 Å². The van der Waals surface area contributed by atoms with E-state index in [9.17, 15) is 9.59 Å². The summed E-state index contributed by atoms with van der Waals surface area (Å²) in [4.78, 5) is 24.5. The van der Waals surface area contributed by atoms with Crippen LogP contribution in [0.2, 0.25) is 0 Å². The van der Waals surface area contributed by atoms with Crippen molar-refractivity contribution < 1.29 is 9.59 Å². The second-order valence-corrected chi connectivity index (χ2v) is 6.18. The number of amides is 2. The van der Waals surface area contributed by atoms with Gasteiger partial charge in [0, 0.05) is 13.6 Å². The minimum atomic E-state index is -0.433. The Hall–Kier alpha value is -1.10. The first-order valence-corrected chi connectivity index (χ1v) is 7.68. The number of nitrogens with one attached hydrogen (secondary N) is 3. The van der Waals surface area contributed by atoms with Gasteiger partial charge < -0.3 is 16.0 Å². The van der Waals surface area contributed by atoms with Gasteiger partial charge in [-0.25, -0.2) is 0 Å². The van der Waals surface area contributed by atoms with Gasteiger partial charge in [-0.1, -0.05) is 20.8 Å². The second kappa shape index (κ2) is 7.62. The Morgan fingerprint density at radius 1 is 1.35 bits per heavy atom. The molecule has 1 heterocycles. The molecule has 20 heavy (non-hydrogen) atoms. The maximum absolute atomic E-state index is 12.6. The van der Waals surface area contributed by atoms with E-state index >= 15 is 0 Å². The highest BCUT2D eigenvalue weighted by molar-refractivity contribution is 5.90. The lowest BCUT2D eigenvalue weighted by Crippen LogP contribution is -2.55. The zero-order chi connectivity index (χ0) is 15.2. The predicted molar refractivity (Wildman–Crippen MR) is 80.3 cm³/mol. The lowest BCUT2D eigenvalue weighted by atomic mass is 9.77. The monoisotopic (exact) mass is 283 g/mol. The molecule has 1 rings (SSSR count). The van der Waals surface area contributed by atoms with Crippen molar-refractivity contribution in [1.29, 1.82) is 0 Å². The van der Waals surface area contributed by atoms with Gasteiger partial charge in [0.25, 0.3) is 0 Å².